The third kappa shape index (κ3) is 6.18. The minimum atomic E-state index is 0.113. The zero-order valence-corrected chi connectivity index (χ0v) is 12.7. The molecule has 0 aromatic heterocycles. The smallest absolute Gasteiger partial charge is 0.0378 e. The molecule has 1 aromatic rings. The summed E-state index contributed by atoms with van der Waals surface area (Å²) in [5.41, 5.74) is 5.38. The summed E-state index contributed by atoms with van der Waals surface area (Å²) in [6.07, 6.45) is 1.14. The van der Waals surface area contributed by atoms with Gasteiger partial charge in [-0.15, -0.1) is 0 Å². The van der Waals surface area contributed by atoms with Gasteiger partial charge in [0.05, 0.1) is 0 Å². The standard InChI is InChI=1S/C16H28N2/c1-15(2,3)13-16(4,5)17-18(6)12-14-10-8-7-9-11-14/h7-11,17H,12-13H2,1-6H3. The second-order valence-electron chi connectivity index (χ2n) is 7.07. The Bertz CT molecular complexity index is 349. The second-order valence-corrected chi connectivity index (χ2v) is 7.07. The molecule has 1 N–H and O–H groups in total. The molecule has 0 saturated carbocycles. The Morgan fingerprint density at radius 1 is 1.00 bits per heavy atom. The summed E-state index contributed by atoms with van der Waals surface area (Å²) in [4.78, 5) is 0. The Balaban J connectivity index is 2.51. The van der Waals surface area contributed by atoms with E-state index in [-0.39, 0.29) is 5.54 Å². The van der Waals surface area contributed by atoms with Crippen molar-refractivity contribution in [2.45, 2.75) is 53.1 Å². The van der Waals surface area contributed by atoms with Crippen LogP contribution in [0.3, 0.4) is 0 Å². The van der Waals surface area contributed by atoms with Crippen LogP contribution in [0.2, 0.25) is 0 Å². The van der Waals surface area contributed by atoms with E-state index in [2.05, 4.69) is 82.4 Å². The summed E-state index contributed by atoms with van der Waals surface area (Å²) >= 11 is 0. The third-order valence-electron chi connectivity index (χ3n) is 2.73. The van der Waals surface area contributed by atoms with E-state index in [1.807, 2.05) is 0 Å². The quantitative estimate of drug-likeness (QED) is 0.797. The van der Waals surface area contributed by atoms with Gasteiger partial charge in [-0.3, -0.25) is 0 Å². The van der Waals surface area contributed by atoms with Crippen LogP contribution in [-0.2, 0) is 6.54 Å². The van der Waals surface area contributed by atoms with Crippen molar-refractivity contribution >= 4 is 0 Å². The van der Waals surface area contributed by atoms with Crippen LogP contribution in [-0.4, -0.2) is 17.6 Å². The lowest BCUT2D eigenvalue weighted by Crippen LogP contribution is -2.50. The van der Waals surface area contributed by atoms with E-state index in [1.165, 1.54) is 5.56 Å². The van der Waals surface area contributed by atoms with Gasteiger partial charge in [0.15, 0.2) is 0 Å². The van der Waals surface area contributed by atoms with Crippen LogP contribution in [0.25, 0.3) is 0 Å². The summed E-state index contributed by atoms with van der Waals surface area (Å²) in [7, 11) is 2.11. The molecule has 0 spiro atoms. The molecule has 2 heteroatoms. The van der Waals surface area contributed by atoms with Crippen LogP contribution in [0.1, 0.15) is 46.6 Å². The molecule has 0 amide bonds. The molecule has 0 saturated heterocycles. The predicted molar refractivity (Wildman–Crippen MR) is 79.2 cm³/mol. The highest BCUT2D eigenvalue weighted by Gasteiger charge is 2.26. The fraction of sp³-hybridized carbons (Fsp3) is 0.625. The van der Waals surface area contributed by atoms with Crippen LogP contribution in [0.4, 0.5) is 0 Å². The molecular formula is C16H28N2. The van der Waals surface area contributed by atoms with Gasteiger partial charge in [0, 0.05) is 19.1 Å². The van der Waals surface area contributed by atoms with Crippen molar-refractivity contribution in [2.24, 2.45) is 5.41 Å². The normalized spacial score (nSPS) is 13.1. The summed E-state index contributed by atoms with van der Waals surface area (Å²) in [5.74, 6) is 0. The van der Waals surface area contributed by atoms with Gasteiger partial charge in [0.2, 0.25) is 0 Å². The number of hydrazine groups is 1. The molecule has 0 bridgehead atoms. The Morgan fingerprint density at radius 3 is 2.06 bits per heavy atom. The average molecular weight is 248 g/mol. The van der Waals surface area contributed by atoms with E-state index in [9.17, 15) is 0 Å². The zero-order chi connectivity index (χ0) is 13.8. The number of nitrogens with one attached hydrogen (secondary N) is 1. The fourth-order valence-electron chi connectivity index (χ4n) is 2.78. The molecule has 0 radical (unpaired) electrons. The highest BCUT2D eigenvalue weighted by atomic mass is 15.5. The van der Waals surface area contributed by atoms with E-state index in [4.69, 9.17) is 0 Å². The maximum Gasteiger partial charge on any atom is 0.0378 e. The summed E-state index contributed by atoms with van der Waals surface area (Å²) in [5, 5.41) is 2.18. The number of hydrogen-bond acceptors (Lipinski definition) is 2. The van der Waals surface area contributed by atoms with Crippen LogP contribution in [0, 0.1) is 5.41 Å². The minimum absolute atomic E-state index is 0.113. The first-order chi connectivity index (χ1) is 8.18. The van der Waals surface area contributed by atoms with Crippen LogP contribution in [0.15, 0.2) is 30.3 Å². The van der Waals surface area contributed by atoms with Crippen molar-refractivity contribution in [3.63, 3.8) is 0 Å². The molecule has 0 atom stereocenters. The van der Waals surface area contributed by atoms with E-state index in [0.29, 0.717) is 5.41 Å². The van der Waals surface area contributed by atoms with Crippen molar-refractivity contribution in [1.82, 2.24) is 10.4 Å². The first-order valence-corrected chi connectivity index (χ1v) is 6.71. The molecule has 0 heterocycles. The van der Waals surface area contributed by atoms with E-state index < -0.39 is 0 Å². The Morgan fingerprint density at radius 2 is 1.56 bits per heavy atom. The number of benzene rings is 1. The molecule has 18 heavy (non-hydrogen) atoms. The SMILES string of the molecule is CN(Cc1ccccc1)NC(C)(C)CC(C)(C)C. The predicted octanol–water partition coefficient (Wildman–Crippen LogP) is 3.84. The average Bonchev–Trinajstić information content (AvgIpc) is 2.13. The molecule has 1 aromatic carbocycles. The van der Waals surface area contributed by atoms with Crippen LogP contribution >= 0.6 is 0 Å². The lowest BCUT2D eigenvalue weighted by Gasteiger charge is -2.37. The minimum Gasteiger partial charge on any atom is -0.250 e. The van der Waals surface area contributed by atoms with Gasteiger partial charge >= 0.3 is 0 Å². The van der Waals surface area contributed by atoms with Gasteiger partial charge in [-0.25, -0.2) is 10.4 Å². The lowest BCUT2D eigenvalue weighted by atomic mass is 9.82. The molecule has 0 aliphatic heterocycles. The van der Waals surface area contributed by atoms with Crippen LogP contribution < -0.4 is 5.43 Å². The fourth-order valence-corrected chi connectivity index (χ4v) is 2.78. The Kier molecular flexibility index (Phi) is 4.94. The van der Waals surface area contributed by atoms with Gasteiger partial charge in [-0.05, 0) is 31.2 Å². The summed E-state index contributed by atoms with van der Waals surface area (Å²) in [6, 6.07) is 10.6. The highest BCUT2D eigenvalue weighted by Crippen LogP contribution is 2.26. The van der Waals surface area contributed by atoms with E-state index in [1.54, 1.807) is 0 Å². The molecule has 0 unspecified atom stereocenters. The maximum atomic E-state index is 3.59. The van der Waals surface area contributed by atoms with Gasteiger partial charge in [-0.1, -0.05) is 51.1 Å². The monoisotopic (exact) mass is 248 g/mol. The summed E-state index contributed by atoms with van der Waals surface area (Å²) < 4.78 is 0. The molecule has 0 fully saturated rings. The van der Waals surface area contributed by atoms with Gasteiger partial charge < -0.3 is 0 Å². The van der Waals surface area contributed by atoms with Gasteiger partial charge in [0.25, 0.3) is 0 Å². The highest BCUT2D eigenvalue weighted by molar-refractivity contribution is 5.14. The Hall–Kier alpha value is -0.860. The molecule has 0 aliphatic rings. The van der Waals surface area contributed by atoms with Gasteiger partial charge in [-0.2, -0.15) is 0 Å². The zero-order valence-electron chi connectivity index (χ0n) is 12.7. The lowest BCUT2D eigenvalue weighted by molar-refractivity contribution is 0.110. The maximum absolute atomic E-state index is 3.59. The molecular weight excluding hydrogens is 220 g/mol. The van der Waals surface area contributed by atoms with E-state index >= 15 is 0 Å². The van der Waals surface area contributed by atoms with Crippen molar-refractivity contribution in [2.75, 3.05) is 7.05 Å². The molecule has 1 rings (SSSR count). The van der Waals surface area contributed by atoms with Crippen LogP contribution in [0.5, 0.6) is 0 Å². The van der Waals surface area contributed by atoms with Crippen molar-refractivity contribution in [3.05, 3.63) is 35.9 Å². The third-order valence-corrected chi connectivity index (χ3v) is 2.73. The first kappa shape index (κ1) is 15.2. The second kappa shape index (κ2) is 5.85. The molecule has 2 nitrogen and oxygen atoms in total. The topological polar surface area (TPSA) is 15.3 Å². The summed E-state index contributed by atoms with van der Waals surface area (Å²) in [6.45, 7) is 12.3. The molecule has 102 valence electrons. The first-order valence-electron chi connectivity index (χ1n) is 6.71. The number of rotatable bonds is 5. The number of nitrogens with zero attached hydrogens (tertiary/aromatic N) is 1. The van der Waals surface area contributed by atoms with Crippen molar-refractivity contribution in [3.8, 4) is 0 Å². The molecule has 0 aliphatic carbocycles. The Labute approximate surface area is 112 Å². The van der Waals surface area contributed by atoms with Crippen molar-refractivity contribution in [1.29, 1.82) is 0 Å². The van der Waals surface area contributed by atoms with Gasteiger partial charge in [0.1, 0.15) is 0 Å². The number of hydrogen-bond donors (Lipinski definition) is 1. The van der Waals surface area contributed by atoms with Crippen molar-refractivity contribution < 1.29 is 0 Å². The van der Waals surface area contributed by atoms with E-state index in [0.717, 1.165) is 13.0 Å². The largest absolute Gasteiger partial charge is 0.250 e.